The van der Waals surface area contributed by atoms with Gasteiger partial charge in [-0.05, 0) is 68.6 Å². The van der Waals surface area contributed by atoms with Crippen molar-refractivity contribution in [3.05, 3.63) is 47.5 Å². The Morgan fingerprint density at radius 1 is 1.11 bits per heavy atom. The fourth-order valence-corrected chi connectivity index (χ4v) is 5.13. The summed E-state index contributed by atoms with van der Waals surface area (Å²) >= 11 is 1.99. The van der Waals surface area contributed by atoms with Gasteiger partial charge in [-0.15, -0.1) is 11.8 Å². The van der Waals surface area contributed by atoms with Crippen molar-refractivity contribution in [2.45, 2.75) is 61.0 Å². The minimum atomic E-state index is 0.212. The number of imidazole rings is 1. The number of H-pyrrole nitrogens is 1. The molecular weight excluding hydrogens is 368 g/mol. The fourth-order valence-electron chi connectivity index (χ4n) is 4.08. The van der Waals surface area contributed by atoms with Crippen LogP contribution in [0, 0.1) is 11.8 Å². The van der Waals surface area contributed by atoms with Crippen LogP contribution in [0.25, 0.3) is 0 Å². The summed E-state index contributed by atoms with van der Waals surface area (Å²) in [5.41, 5.74) is 1.99. The number of aromatic amines is 1. The molecule has 3 fully saturated rings. The highest BCUT2D eigenvalue weighted by atomic mass is 32.2. The van der Waals surface area contributed by atoms with Gasteiger partial charge in [-0.2, -0.15) is 0 Å². The molecule has 4 nitrogen and oxygen atoms in total. The predicted octanol–water partition coefficient (Wildman–Crippen LogP) is 5.21. The number of ketones is 1. The largest absolute Gasteiger partial charge is 0.381 e. The molecule has 2 saturated carbocycles. The van der Waals surface area contributed by atoms with Crippen LogP contribution >= 0.6 is 11.8 Å². The number of aromatic nitrogens is 2. The molecule has 5 rings (SSSR count). The van der Waals surface area contributed by atoms with E-state index < -0.39 is 0 Å². The number of ether oxygens (including phenoxy) is 1. The average molecular weight is 397 g/mol. The van der Waals surface area contributed by atoms with Crippen molar-refractivity contribution in [2.75, 3.05) is 13.2 Å². The summed E-state index contributed by atoms with van der Waals surface area (Å²) < 4.78 is 5.55. The van der Waals surface area contributed by atoms with Crippen molar-refractivity contribution in [1.82, 2.24) is 9.97 Å². The van der Waals surface area contributed by atoms with Gasteiger partial charge in [0, 0.05) is 35.2 Å². The van der Waals surface area contributed by atoms with E-state index >= 15 is 0 Å². The second-order valence-electron chi connectivity index (χ2n) is 8.55. The number of nitrogens with zero attached hydrogens (tertiary/aromatic N) is 1. The maximum atomic E-state index is 12.4. The molecule has 2 heterocycles. The summed E-state index contributed by atoms with van der Waals surface area (Å²) in [6.07, 6.45) is 9.79. The van der Waals surface area contributed by atoms with Crippen LogP contribution in [-0.4, -0.2) is 34.2 Å². The molecule has 1 aromatic heterocycles. The van der Waals surface area contributed by atoms with E-state index in [-0.39, 0.29) is 17.6 Å². The van der Waals surface area contributed by atoms with E-state index in [0.29, 0.717) is 11.6 Å². The summed E-state index contributed by atoms with van der Waals surface area (Å²) in [5, 5.41) is 0.824. The first kappa shape index (κ1) is 18.4. The quantitative estimate of drug-likeness (QED) is 0.623. The lowest BCUT2D eigenvalue weighted by Gasteiger charge is -2.26. The maximum Gasteiger partial charge on any atom is 0.183 e. The van der Waals surface area contributed by atoms with Crippen molar-refractivity contribution in [3.8, 4) is 0 Å². The first-order chi connectivity index (χ1) is 13.8. The van der Waals surface area contributed by atoms with E-state index in [1.165, 1.54) is 23.3 Å². The molecule has 1 aliphatic heterocycles. The number of carbonyl (C=O) groups excluding carboxylic acids is 1. The molecular formula is C23H28N2O2S. The lowest BCUT2D eigenvalue weighted by molar-refractivity contribution is 0.0625. The molecule has 0 radical (unpaired) electrons. The Bertz CT molecular complexity index is 817. The normalized spacial score (nSPS) is 21.6. The average Bonchev–Trinajstić information content (AvgIpc) is 3.66. The van der Waals surface area contributed by atoms with Gasteiger partial charge in [0.15, 0.2) is 5.78 Å². The molecule has 2 aliphatic carbocycles. The van der Waals surface area contributed by atoms with Crippen molar-refractivity contribution < 1.29 is 9.53 Å². The van der Waals surface area contributed by atoms with Gasteiger partial charge in [0.2, 0.25) is 0 Å². The third-order valence-electron chi connectivity index (χ3n) is 6.16. The lowest BCUT2D eigenvalue weighted by atomic mass is 9.84. The molecule has 1 unspecified atom stereocenters. The Kier molecular flexibility index (Phi) is 5.29. The number of nitrogens with one attached hydrogen (secondary N) is 1. The van der Waals surface area contributed by atoms with Gasteiger partial charge in [-0.25, -0.2) is 4.98 Å². The molecule has 0 amide bonds. The zero-order valence-corrected chi connectivity index (χ0v) is 17.0. The maximum absolute atomic E-state index is 12.4. The molecule has 3 aliphatic rings. The van der Waals surface area contributed by atoms with E-state index in [1.54, 1.807) is 6.20 Å². The summed E-state index contributed by atoms with van der Waals surface area (Å²) in [4.78, 5) is 21.8. The number of benzene rings is 1. The zero-order chi connectivity index (χ0) is 18.9. The van der Waals surface area contributed by atoms with Gasteiger partial charge in [0.05, 0.1) is 6.20 Å². The first-order valence-corrected chi connectivity index (χ1v) is 11.6. The highest BCUT2D eigenvalue weighted by Crippen LogP contribution is 2.40. The minimum Gasteiger partial charge on any atom is -0.381 e. The lowest BCUT2D eigenvalue weighted by Crippen LogP contribution is -2.19. The highest BCUT2D eigenvalue weighted by molar-refractivity contribution is 8.00. The summed E-state index contributed by atoms with van der Waals surface area (Å²) in [6.45, 7) is 1.72. The monoisotopic (exact) mass is 396 g/mol. The molecule has 0 spiro atoms. The third kappa shape index (κ3) is 4.36. The van der Waals surface area contributed by atoms with E-state index in [1.807, 2.05) is 11.8 Å². The van der Waals surface area contributed by atoms with Crippen molar-refractivity contribution in [1.29, 1.82) is 0 Å². The van der Waals surface area contributed by atoms with Crippen LogP contribution in [0.4, 0.5) is 0 Å². The van der Waals surface area contributed by atoms with Crippen molar-refractivity contribution >= 4 is 17.5 Å². The van der Waals surface area contributed by atoms with Crippen LogP contribution < -0.4 is 0 Å². The van der Waals surface area contributed by atoms with E-state index in [4.69, 9.17) is 4.74 Å². The van der Waals surface area contributed by atoms with Crippen LogP contribution in [0.2, 0.25) is 0 Å². The molecule has 1 saturated heterocycles. The Hall–Kier alpha value is -1.59. The van der Waals surface area contributed by atoms with Crippen LogP contribution in [0.3, 0.4) is 0 Å². The third-order valence-corrected chi connectivity index (χ3v) is 7.51. The zero-order valence-electron chi connectivity index (χ0n) is 16.2. The Balaban J connectivity index is 1.38. The minimum absolute atomic E-state index is 0.212. The van der Waals surface area contributed by atoms with E-state index in [0.717, 1.165) is 56.4 Å². The van der Waals surface area contributed by atoms with Crippen molar-refractivity contribution in [2.24, 2.45) is 11.8 Å². The first-order valence-electron chi connectivity index (χ1n) is 10.7. The Labute approximate surface area is 170 Å². The molecule has 0 bridgehead atoms. The van der Waals surface area contributed by atoms with Crippen LogP contribution in [0.1, 0.15) is 72.7 Å². The van der Waals surface area contributed by atoms with Gasteiger partial charge >= 0.3 is 0 Å². The Morgan fingerprint density at radius 2 is 1.86 bits per heavy atom. The summed E-state index contributed by atoms with van der Waals surface area (Å²) in [7, 11) is 0. The second kappa shape index (κ2) is 8.03. The van der Waals surface area contributed by atoms with Crippen molar-refractivity contribution in [3.63, 3.8) is 0 Å². The molecule has 28 heavy (non-hydrogen) atoms. The van der Waals surface area contributed by atoms with Gasteiger partial charge in [0.1, 0.15) is 11.5 Å². The predicted molar refractivity (Wildman–Crippen MR) is 111 cm³/mol. The fraction of sp³-hybridized carbons (Fsp3) is 0.565. The van der Waals surface area contributed by atoms with Gasteiger partial charge in [-0.3, -0.25) is 4.79 Å². The molecule has 2 aromatic rings. The standard InChI is InChI=1S/C23H28N2O2S/c26-22(17-1-2-17)21-14-24-23(25-21)20(13-15-9-11-27-12-10-15)16-3-5-18(6-4-16)28-19-7-8-19/h3-6,14-15,17,19-20H,1-2,7-13H2,(H,24,25). The van der Waals surface area contributed by atoms with Crippen LogP contribution in [0.15, 0.2) is 35.4 Å². The van der Waals surface area contributed by atoms with Crippen LogP contribution in [-0.2, 0) is 4.74 Å². The number of carbonyl (C=O) groups is 1. The van der Waals surface area contributed by atoms with Gasteiger partial charge in [0.25, 0.3) is 0 Å². The number of thioether (sulfide) groups is 1. The van der Waals surface area contributed by atoms with Crippen LogP contribution in [0.5, 0.6) is 0 Å². The number of hydrogen-bond acceptors (Lipinski definition) is 4. The smallest absolute Gasteiger partial charge is 0.183 e. The van der Waals surface area contributed by atoms with E-state index in [9.17, 15) is 4.79 Å². The topological polar surface area (TPSA) is 55.0 Å². The number of Topliss-reactive ketones (excluding diaryl/α,β-unsaturated/α-hetero) is 1. The Morgan fingerprint density at radius 3 is 2.54 bits per heavy atom. The number of rotatable bonds is 8. The molecule has 148 valence electrons. The molecule has 1 atom stereocenters. The second-order valence-corrected chi connectivity index (χ2v) is 9.92. The summed E-state index contributed by atoms with van der Waals surface area (Å²) in [6, 6.07) is 9.04. The van der Waals surface area contributed by atoms with Gasteiger partial charge < -0.3 is 9.72 Å². The number of hydrogen-bond donors (Lipinski definition) is 1. The van der Waals surface area contributed by atoms with Gasteiger partial charge in [-0.1, -0.05) is 12.1 Å². The molecule has 1 aromatic carbocycles. The molecule has 1 N–H and O–H groups in total. The highest BCUT2D eigenvalue weighted by Gasteiger charge is 2.32. The summed E-state index contributed by atoms with van der Waals surface area (Å²) in [5.74, 6) is 2.26. The molecule has 5 heteroatoms. The SMILES string of the molecule is O=C(c1cnc(C(CC2CCOCC2)c2ccc(SC3CC3)cc2)[nH]1)C1CC1. The van der Waals surface area contributed by atoms with E-state index in [2.05, 4.69) is 34.2 Å².